The third-order valence-corrected chi connectivity index (χ3v) is 1.44. The minimum atomic E-state index is 0.293. The third-order valence-electron chi connectivity index (χ3n) is 0.603. The Labute approximate surface area is 74.5 Å². The molecule has 0 aliphatic heterocycles. The van der Waals surface area contributed by atoms with Crippen molar-refractivity contribution in [1.82, 2.24) is 5.32 Å². The van der Waals surface area contributed by atoms with Gasteiger partial charge in [-0.1, -0.05) is 24.0 Å². The van der Waals surface area contributed by atoms with Gasteiger partial charge in [-0.3, -0.25) is 0 Å². The monoisotopic (exact) mass is 193 g/mol. The summed E-state index contributed by atoms with van der Waals surface area (Å²) in [5.41, 5.74) is 6.63. The van der Waals surface area contributed by atoms with Gasteiger partial charge in [-0.15, -0.1) is 0 Å². The second kappa shape index (κ2) is 5.57. The Morgan fingerprint density at radius 1 is 1.80 bits per heavy atom. The lowest BCUT2D eigenvalue weighted by molar-refractivity contribution is 1.43. The number of hydrogen-bond donors (Lipinski definition) is 2. The van der Waals surface area contributed by atoms with E-state index in [0.717, 1.165) is 0 Å². The lowest BCUT2D eigenvalue weighted by Crippen LogP contribution is -2.19. The molecule has 0 unspecified atom stereocenters. The van der Waals surface area contributed by atoms with Crippen LogP contribution in [0.1, 0.15) is 0 Å². The van der Waals surface area contributed by atoms with Gasteiger partial charge in [-0.05, 0) is 18.5 Å². The lowest BCUT2D eigenvalue weighted by atomic mass is 11.0. The number of thiocarbonyl (C=S) groups is 2. The summed E-state index contributed by atoms with van der Waals surface area (Å²) in [5, 5.41) is 3.27. The van der Waals surface area contributed by atoms with Crippen molar-refractivity contribution in [2.75, 3.05) is 6.26 Å². The Hall–Kier alpha value is -0.200. The molecule has 0 heterocycles. The first-order valence-electron chi connectivity index (χ1n) is 2.33. The van der Waals surface area contributed by atoms with Gasteiger partial charge in [0, 0.05) is 0 Å². The van der Waals surface area contributed by atoms with E-state index in [1.54, 1.807) is 0 Å². The van der Waals surface area contributed by atoms with Crippen LogP contribution in [0.5, 0.6) is 0 Å². The fourth-order valence-electron chi connectivity index (χ4n) is 0.228. The van der Waals surface area contributed by atoms with E-state index in [2.05, 4.69) is 22.5 Å². The molecule has 0 aromatic carbocycles. The summed E-state index contributed by atoms with van der Waals surface area (Å²) < 4.78 is 0. The van der Waals surface area contributed by atoms with E-state index in [-0.39, 0.29) is 0 Å². The number of aliphatic imine (C=N–C) groups is 1. The Morgan fingerprint density at radius 3 is 2.80 bits per heavy atom. The van der Waals surface area contributed by atoms with Crippen molar-refractivity contribution in [3.63, 3.8) is 0 Å². The van der Waals surface area contributed by atoms with Crippen LogP contribution in [0, 0.1) is 0 Å². The maximum absolute atomic E-state index is 5.34. The zero-order valence-corrected chi connectivity index (χ0v) is 7.78. The Bertz CT molecular complexity index is 165. The van der Waals surface area contributed by atoms with E-state index in [9.17, 15) is 0 Å². The number of nitrogens with one attached hydrogen (secondary N) is 1. The average molecular weight is 193 g/mol. The molecular formula is C4H7N3S3. The lowest BCUT2D eigenvalue weighted by Gasteiger charge is -1.95. The van der Waals surface area contributed by atoms with Gasteiger partial charge in [-0.25, -0.2) is 0 Å². The van der Waals surface area contributed by atoms with Crippen LogP contribution in [0.2, 0.25) is 0 Å². The maximum atomic E-state index is 5.34. The smallest absolute Gasteiger partial charge is 0.199 e. The largest absolute Gasteiger partial charge is 0.378 e. The summed E-state index contributed by atoms with van der Waals surface area (Å²) in [6, 6.07) is 0. The molecule has 0 atom stereocenters. The van der Waals surface area contributed by atoms with Crippen molar-refractivity contribution in [3.05, 3.63) is 0 Å². The Kier molecular flexibility index (Phi) is 5.46. The molecule has 0 aromatic heterocycles. The number of hydrogen-bond acceptors (Lipinski definition) is 3. The van der Waals surface area contributed by atoms with E-state index < -0.39 is 0 Å². The molecule has 6 heteroatoms. The minimum absolute atomic E-state index is 0.293. The van der Waals surface area contributed by atoms with Gasteiger partial charge in [0.05, 0.1) is 5.49 Å². The van der Waals surface area contributed by atoms with Gasteiger partial charge in [0.15, 0.2) is 10.3 Å². The molecule has 56 valence electrons. The fourth-order valence-corrected chi connectivity index (χ4v) is 0.812. The van der Waals surface area contributed by atoms with E-state index in [1.807, 2.05) is 6.26 Å². The second-order valence-electron chi connectivity index (χ2n) is 1.22. The highest BCUT2D eigenvalue weighted by Crippen LogP contribution is 1.90. The standard InChI is InChI=1S/C4H7N3S3/c1-10-3(5)7-4(9)6-2-8/h2H,1H3,(H3,5,6,7,8,9). The molecule has 10 heavy (non-hydrogen) atoms. The first-order valence-corrected chi connectivity index (χ1v) is 4.43. The predicted molar refractivity (Wildman–Crippen MR) is 54.5 cm³/mol. The number of nitrogens with two attached hydrogens (primary N) is 1. The molecule has 0 spiro atoms. The molecule has 0 aliphatic rings. The molecule has 0 rings (SSSR count). The van der Waals surface area contributed by atoms with Gasteiger partial charge in [0.2, 0.25) is 0 Å². The molecule has 0 aliphatic carbocycles. The summed E-state index contributed by atoms with van der Waals surface area (Å²) >= 11 is 10.5. The molecule has 3 nitrogen and oxygen atoms in total. The first-order chi connectivity index (χ1) is 4.70. The van der Waals surface area contributed by atoms with Crippen LogP contribution in [0.15, 0.2) is 4.99 Å². The molecule has 0 saturated carbocycles. The number of nitrogens with zero attached hydrogens (tertiary/aromatic N) is 1. The minimum Gasteiger partial charge on any atom is -0.378 e. The van der Waals surface area contributed by atoms with E-state index in [0.29, 0.717) is 10.3 Å². The summed E-state index contributed by atoms with van der Waals surface area (Å²) in [7, 11) is 0. The summed E-state index contributed by atoms with van der Waals surface area (Å²) in [6.45, 7) is 0. The van der Waals surface area contributed by atoms with Gasteiger partial charge < -0.3 is 11.1 Å². The zero-order chi connectivity index (χ0) is 7.98. The van der Waals surface area contributed by atoms with Gasteiger partial charge in [0.1, 0.15) is 0 Å². The third kappa shape index (κ3) is 4.66. The van der Waals surface area contributed by atoms with Crippen molar-refractivity contribution >= 4 is 52.0 Å². The number of thioether (sulfide) groups is 1. The number of amidine groups is 1. The molecular weight excluding hydrogens is 186 g/mol. The average Bonchev–Trinajstić information content (AvgIpc) is 1.88. The normalized spacial score (nSPS) is 10.7. The van der Waals surface area contributed by atoms with Crippen molar-refractivity contribution in [3.8, 4) is 0 Å². The van der Waals surface area contributed by atoms with E-state index >= 15 is 0 Å². The van der Waals surface area contributed by atoms with Crippen LogP contribution in [0.25, 0.3) is 0 Å². The van der Waals surface area contributed by atoms with Gasteiger partial charge >= 0.3 is 0 Å². The van der Waals surface area contributed by atoms with Crippen LogP contribution in [0.3, 0.4) is 0 Å². The Balaban J connectivity index is 3.86. The highest BCUT2D eigenvalue weighted by atomic mass is 32.2. The molecule has 0 aromatic rings. The van der Waals surface area contributed by atoms with Crippen LogP contribution in [-0.2, 0) is 0 Å². The fraction of sp³-hybridized carbons (Fsp3) is 0.250. The highest BCUT2D eigenvalue weighted by molar-refractivity contribution is 8.13. The van der Waals surface area contributed by atoms with E-state index in [4.69, 9.17) is 18.0 Å². The molecule has 3 N–H and O–H groups in total. The van der Waals surface area contributed by atoms with Gasteiger partial charge in [0.25, 0.3) is 0 Å². The van der Waals surface area contributed by atoms with Crippen LogP contribution >= 0.6 is 36.2 Å². The summed E-state index contributed by atoms with van der Waals surface area (Å²) in [5.74, 6) is 0. The van der Waals surface area contributed by atoms with Crippen LogP contribution < -0.4 is 11.1 Å². The Morgan fingerprint density at radius 2 is 2.40 bits per heavy atom. The molecule has 0 radical (unpaired) electrons. The van der Waals surface area contributed by atoms with Crippen LogP contribution in [-0.4, -0.2) is 22.0 Å². The summed E-state index contributed by atoms with van der Waals surface area (Å²) in [4.78, 5) is 3.76. The zero-order valence-electron chi connectivity index (χ0n) is 5.33. The molecule has 0 fully saturated rings. The van der Waals surface area contributed by atoms with Crippen molar-refractivity contribution in [1.29, 1.82) is 0 Å². The summed E-state index contributed by atoms with van der Waals surface area (Å²) in [6.07, 6.45) is 1.82. The van der Waals surface area contributed by atoms with Crippen molar-refractivity contribution in [2.45, 2.75) is 0 Å². The van der Waals surface area contributed by atoms with E-state index in [1.165, 1.54) is 17.3 Å². The number of rotatable bonds is 1. The first kappa shape index (κ1) is 9.80. The molecule has 0 amide bonds. The van der Waals surface area contributed by atoms with Crippen molar-refractivity contribution < 1.29 is 0 Å². The van der Waals surface area contributed by atoms with Gasteiger partial charge in [-0.2, -0.15) is 4.99 Å². The van der Waals surface area contributed by atoms with Crippen molar-refractivity contribution in [2.24, 2.45) is 10.7 Å². The maximum Gasteiger partial charge on any atom is 0.199 e. The SMILES string of the molecule is CSC(N)=NC(=S)NC=S. The molecule has 0 saturated heterocycles. The molecule has 0 bridgehead atoms. The topological polar surface area (TPSA) is 50.4 Å². The second-order valence-corrected chi connectivity index (χ2v) is 2.67. The van der Waals surface area contributed by atoms with Crippen LogP contribution in [0.4, 0.5) is 0 Å². The predicted octanol–water partition coefficient (Wildman–Crippen LogP) is 0.496. The highest BCUT2D eigenvalue weighted by Gasteiger charge is 1.89. The quantitative estimate of drug-likeness (QED) is 0.361.